The Labute approximate surface area is 124 Å². The van der Waals surface area contributed by atoms with Crippen molar-refractivity contribution >= 4 is 17.6 Å². The van der Waals surface area contributed by atoms with Gasteiger partial charge in [-0.05, 0) is 36.1 Å². The minimum Gasteiger partial charge on any atom is -0.458 e. The predicted molar refractivity (Wildman–Crippen MR) is 80.7 cm³/mol. The summed E-state index contributed by atoms with van der Waals surface area (Å²) in [7, 11) is 0. The first-order chi connectivity index (χ1) is 9.65. The molecule has 0 amide bonds. The van der Waals surface area contributed by atoms with Gasteiger partial charge in [-0.2, -0.15) is 0 Å². The number of ether oxygens (including phenoxy) is 1. The van der Waals surface area contributed by atoms with E-state index in [9.17, 15) is 4.79 Å². The third kappa shape index (κ3) is 4.39. The summed E-state index contributed by atoms with van der Waals surface area (Å²) >= 11 is 5.87. The number of rotatable bonds is 5. The van der Waals surface area contributed by atoms with Crippen molar-refractivity contribution in [3.63, 3.8) is 0 Å². The summed E-state index contributed by atoms with van der Waals surface area (Å²) < 4.78 is 5.42. The predicted octanol–water partition coefficient (Wildman–Crippen LogP) is 4.58. The van der Waals surface area contributed by atoms with Gasteiger partial charge in [0.2, 0.25) is 0 Å². The number of carbonyl (C=O) groups excluding carboxylic acids is 1. The Bertz CT molecular complexity index is 549. The van der Waals surface area contributed by atoms with Crippen molar-refractivity contribution in [3.05, 3.63) is 70.7 Å². The molecule has 0 aliphatic rings. The van der Waals surface area contributed by atoms with Gasteiger partial charge in [0.15, 0.2) is 0 Å². The molecule has 2 aromatic carbocycles. The van der Waals surface area contributed by atoms with E-state index >= 15 is 0 Å². The molecule has 0 saturated heterocycles. The van der Waals surface area contributed by atoms with Crippen LogP contribution in [0.15, 0.2) is 54.6 Å². The van der Waals surface area contributed by atoms with E-state index < -0.39 is 0 Å². The van der Waals surface area contributed by atoms with Crippen LogP contribution in [0.2, 0.25) is 5.02 Å². The summed E-state index contributed by atoms with van der Waals surface area (Å²) in [6.45, 7) is 1.44. The van der Waals surface area contributed by atoms with Gasteiger partial charge in [0.1, 0.15) is 6.10 Å². The molecule has 0 radical (unpaired) electrons. The first-order valence-electron chi connectivity index (χ1n) is 6.62. The number of aryl methyl sites for hydroxylation is 1. The Morgan fingerprint density at radius 3 is 2.35 bits per heavy atom. The lowest BCUT2D eigenvalue weighted by Crippen LogP contribution is -2.09. The van der Waals surface area contributed by atoms with Crippen molar-refractivity contribution in [2.75, 3.05) is 0 Å². The Hall–Kier alpha value is -1.80. The molecule has 2 rings (SSSR count). The standard InChI is InChI=1S/C17H17ClO2/c1-13(19)20-17(15-5-3-2-4-6-15)12-9-14-7-10-16(18)11-8-14/h2-8,10-11,17H,9,12H2,1H3/t17-/m0/s1. The first-order valence-corrected chi connectivity index (χ1v) is 6.99. The molecule has 0 bridgehead atoms. The van der Waals surface area contributed by atoms with Crippen LogP contribution in [-0.4, -0.2) is 5.97 Å². The lowest BCUT2D eigenvalue weighted by molar-refractivity contribution is -0.147. The number of hydrogen-bond donors (Lipinski definition) is 0. The summed E-state index contributed by atoms with van der Waals surface area (Å²) in [5.41, 5.74) is 2.21. The molecular weight excluding hydrogens is 272 g/mol. The van der Waals surface area contributed by atoms with Crippen LogP contribution in [0.25, 0.3) is 0 Å². The average molecular weight is 289 g/mol. The lowest BCUT2D eigenvalue weighted by Gasteiger charge is -2.17. The minimum absolute atomic E-state index is 0.204. The van der Waals surface area contributed by atoms with Gasteiger partial charge >= 0.3 is 5.97 Å². The third-order valence-corrected chi connectivity index (χ3v) is 3.34. The molecule has 20 heavy (non-hydrogen) atoms. The molecule has 1 atom stereocenters. The number of halogens is 1. The maximum absolute atomic E-state index is 11.2. The fraction of sp³-hybridized carbons (Fsp3) is 0.235. The van der Waals surface area contributed by atoms with E-state index in [0.717, 1.165) is 23.4 Å². The monoisotopic (exact) mass is 288 g/mol. The van der Waals surface area contributed by atoms with Gasteiger partial charge in [-0.1, -0.05) is 54.1 Å². The second-order valence-electron chi connectivity index (χ2n) is 4.67. The van der Waals surface area contributed by atoms with E-state index in [-0.39, 0.29) is 12.1 Å². The van der Waals surface area contributed by atoms with Gasteiger partial charge in [0.05, 0.1) is 0 Å². The summed E-state index contributed by atoms with van der Waals surface area (Å²) in [6, 6.07) is 17.6. The smallest absolute Gasteiger partial charge is 0.303 e. The topological polar surface area (TPSA) is 26.3 Å². The minimum atomic E-state index is -0.255. The van der Waals surface area contributed by atoms with Gasteiger partial charge in [-0.25, -0.2) is 0 Å². The fourth-order valence-electron chi connectivity index (χ4n) is 2.11. The van der Waals surface area contributed by atoms with Crippen LogP contribution in [0, 0.1) is 0 Å². The molecule has 104 valence electrons. The molecular formula is C17H17ClO2. The van der Waals surface area contributed by atoms with E-state index in [2.05, 4.69) is 0 Å². The molecule has 2 aromatic rings. The molecule has 0 saturated carbocycles. The Morgan fingerprint density at radius 2 is 1.75 bits per heavy atom. The first kappa shape index (κ1) is 14.6. The van der Waals surface area contributed by atoms with Gasteiger partial charge in [0.25, 0.3) is 0 Å². The van der Waals surface area contributed by atoms with E-state index in [1.807, 2.05) is 54.6 Å². The van der Waals surface area contributed by atoms with Crippen LogP contribution >= 0.6 is 11.6 Å². The Kier molecular flexibility index (Phi) is 5.19. The maximum atomic E-state index is 11.2. The maximum Gasteiger partial charge on any atom is 0.303 e. The highest BCUT2D eigenvalue weighted by Crippen LogP contribution is 2.23. The largest absolute Gasteiger partial charge is 0.458 e. The molecule has 0 fully saturated rings. The van der Waals surface area contributed by atoms with Gasteiger partial charge in [-0.3, -0.25) is 4.79 Å². The van der Waals surface area contributed by atoms with Crippen LogP contribution in [0.1, 0.15) is 30.6 Å². The summed E-state index contributed by atoms with van der Waals surface area (Å²) in [4.78, 5) is 11.2. The summed E-state index contributed by atoms with van der Waals surface area (Å²) in [5.74, 6) is -0.255. The SMILES string of the molecule is CC(=O)O[C@@H](CCc1ccc(Cl)cc1)c1ccccc1. The highest BCUT2D eigenvalue weighted by atomic mass is 35.5. The Morgan fingerprint density at radius 1 is 1.10 bits per heavy atom. The van der Waals surface area contributed by atoms with Gasteiger partial charge in [0, 0.05) is 11.9 Å². The van der Waals surface area contributed by atoms with Gasteiger partial charge in [-0.15, -0.1) is 0 Å². The number of benzene rings is 2. The zero-order valence-electron chi connectivity index (χ0n) is 11.4. The summed E-state index contributed by atoms with van der Waals surface area (Å²) in [6.07, 6.45) is 1.39. The second kappa shape index (κ2) is 7.11. The highest BCUT2D eigenvalue weighted by Gasteiger charge is 2.14. The van der Waals surface area contributed by atoms with Crippen molar-refractivity contribution in [2.24, 2.45) is 0 Å². The molecule has 0 N–H and O–H groups in total. The molecule has 0 unspecified atom stereocenters. The van der Waals surface area contributed by atoms with Crippen molar-refractivity contribution in [1.82, 2.24) is 0 Å². The van der Waals surface area contributed by atoms with Crippen LogP contribution in [0.5, 0.6) is 0 Å². The van der Waals surface area contributed by atoms with E-state index in [4.69, 9.17) is 16.3 Å². The van der Waals surface area contributed by atoms with E-state index in [0.29, 0.717) is 0 Å². The van der Waals surface area contributed by atoms with Crippen molar-refractivity contribution in [3.8, 4) is 0 Å². The zero-order chi connectivity index (χ0) is 14.4. The van der Waals surface area contributed by atoms with Crippen LogP contribution in [0.4, 0.5) is 0 Å². The molecule has 0 heterocycles. The van der Waals surface area contributed by atoms with Gasteiger partial charge < -0.3 is 4.74 Å². The van der Waals surface area contributed by atoms with Crippen LogP contribution in [-0.2, 0) is 16.0 Å². The molecule has 0 spiro atoms. The average Bonchev–Trinajstić information content (AvgIpc) is 2.46. The highest BCUT2D eigenvalue weighted by molar-refractivity contribution is 6.30. The normalized spacial score (nSPS) is 11.9. The third-order valence-electron chi connectivity index (χ3n) is 3.09. The molecule has 0 aliphatic heterocycles. The van der Waals surface area contributed by atoms with E-state index in [1.54, 1.807) is 0 Å². The lowest BCUT2D eigenvalue weighted by atomic mass is 10.0. The van der Waals surface area contributed by atoms with Crippen molar-refractivity contribution in [1.29, 1.82) is 0 Å². The summed E-state index contributed by atoms with van der Waals surface area (Å²) in [5, 5.41) is 0.730. The quantitative estimate of drug-likeness (QED) is 0.753. The van der Waals surface area contributed by atoms with Crippen LogP contribution in [0.3, 0.4) is 0 Å². The molecule has 0 aromatic heterocycles. The van der Waals surface area contributed by atoms with Crippen molar-refractivity contribution < 1.29 is 9.53 Å². The van der Waals surface area contributed by atoms with E-state index in [1.165, 1.54) is 12.5 Å². The number of hydrogen-bond acceptors (Lipinski definition) is 2. The zero-order valence-corrected chi connectivity index (χ0v) is 12.1. The number of carbonyl (C=O) groups is 1. The fourth-order valence-corrected chi connectivity index (χ4v) is 2.24. The molecule has 0 aliphatic carbocycles. The Balaban J connectivity index is 2.04. The van der Waals surface area contributed by atoms with Crippen LogP contribution < -0.4 is 0 Å². The molecule has 3 heteroatoms. The molecule has 2 nitrogen and oxygen atoms in total. The second-order valence-corrected chi connectivity index (χ2v) is 5.11. The number of esters is 1. The van der Waals surface area contributed by atoms with Crippen molar-refractivity contribution in [2.45, 2.75) is 25.9 Å².